The Morgan fingerprint density at radius 1 is 0.762 bits per heavy atom. The average molecular weight is 282 g/mol. The molecule has 0 radical (unpaired) electrons. The fraction of sp³-hybridized carbons (Fsp3) is 0. The van der Waals surface area contributed by atoms with Crippen LogP contribution in [0.25, 0.3) is 11.3 Å². The molecule has 1 heterocycles. The topological polar surface area (TPSA) is 24.9 Å². The van der Waals surface area contributed by atoms with E-state index in [1.807, 2.05) is 0 Å². The van der Waals surface area contributed by atoms with Gasteiger partial charge in [-0.05, 0) is 48.5 Å². The van der Waals surface area contributed by atoms with Crippen molar-refractivity contribution < 1.29 is 8.78 Å². The zero-order chi connectivity index (χ0) is 14.7. The molecule has 2 aromatic carbocycles. The molecule has 0 saturated heterocycles. The minimum atomic E-state index is -0.316. The first kappa shape index (κ1) is 13.2. The summed E-state index contributed by atoms with van der Waals surface area (Å²) in [6, 6.07) is 17.8. The number of anilines is 2. The maximum absolute atomic E-state index is 13.8. The molecule has 0 unspecified atom stereocenters. The number of benzene rings is 2. The van der Waals surface area contributed by atoms with E-state index in [4.69, 9.17) is 0 Å². The highest BCUT2D eigenvalue weighted by atomic mass is 19.1. The lowest BCUT2D eigenvalue weighted by molar-refractivity contribution is 0.628. The van der Waals surface area contributed by atoms with Crippen LogP contribution in [-0.4, -0.2) is 4.98 Å². The Hall–Kier alpha value is -2.75. The highest BCUT2D eigenvalue weighted by molar-refractivity contribution is 5.64. The highest BCUT2D eigenvalue weighted by Crippen LogP contribution is 2.23. The second-order valence-corrected chi connectivity index (χ2v) is 4.52. The molecule has 3 aromatic rings. The molecule has 0 bridgehead atoms. The van der Waals surface area contributed by atoms with Crippen LogP contribution in [0, 0.1) is 11.6 Å². The van der Waals surface area contributed by atoms with Gasteiger partial charge in [0.15, 0.2) is 0 Å². The first-order chi connectivity index (χ1) is 10.2. The molecule has 3 rings (SSSR count). The molecule has 21 heavy (non-hydrogen) atoms. The summed E-state index contributed by atoms with van der Waals surface area (Å²) in [5.74, 6) is -0.0418. The smallest absolute Gasteiger partial charge is 0.132 e. The molecular weight excluding hydrogens is 270 g/mol. The van der Waals surface area contributed by atoms with E-state index < -0.39 is 0 Å². The van der Waals surface area contributed by atoms with Crippen LogP contribution in [-0.2, 0) is 0 Å². The largest absolute Gasteiger partial charge is 0.340 e. The molecule has 0 amide bonds. The standard InChI is InChI=1S/C17H12F2N2/c18-12-8-10-13(11-9-12)20-17-7-3-6-16(21-17)14-4-1-2-5-15(14)19/h1-11H,(H,20,21). The van der Waals surface area contributed by atoms with Crippen molar-refractivity contribution in [1.29, 1.82) is 0 Å². The number of hydrogen-bond donors (Lipinski definition) is 1. The second-order valence-electron chi connectivity index (χ2n) is 4.52. The predicted molar refractivity (Wildman–Crippen MR) is 79.3 cm³/mol. The van der Waals surface area contributed by atoms with Gasteiger partial charge in [-0.15, -0.1) is 0 Å². The zero-order valence-corrected chi connectivity index (χ0v) is 11.1. The Labute approximate surface area is 121 Å². The minimum absolute atomic E-state index is 0.298. The Morgan fingerprint density at radius 3 is 2.29 bits per heavy atom. The molecule has 0 saturated carbocycles. The van der Waals surface area contributed by atoms with Crippen molar-refractivity contribution in [2.24, 2.45) is 0 Å². The van der Waals surface area contributed by atoms with E-state index >= 15 is 0 Å². The Balaban J connectivity index is 1.90. The van der Waals surface area contributed by atoms with Gasteiger partial charge in [-0.3, -0.25) is 0 Å². The Kier molecular flexibility index (Phi) is 3.60. The summed E-state index contributed by atoms with van der Waals surface area (Å²) in [7, 11) is 0. The monoisotopic (exact) mass is 282 g/mol. The van der Waals surface area contributed by atoms with Gasteiger partial charge in [0.05, 0.1) is 5.69 Å². The molecular formula is C17H12F2N2. The van der Waals surface area contributed by atoms with E-state index in [-0.39, 0.29) is 11.6 Å². The van der Waals surface area contributed by atoms with Crippen LogP contribution in [0.5, 0.6) is 0 Å². The SMILES string of the molecule is Fc1ccc(Nc2cccc(-c3ccccc3F)n2)cc1. The van der Waals surface area contributed by atoms with Crippen LogP contribution < -0.4 is 5.32 Å². The minimum Gasteiger partial charge on any atom is -0.340 e. The van der Waals surface area contributed by atoms with E-state index in [0.717, 1.165) is 5.69 Å². The van der Waals surface area contributed by atoms with E-state index in [1.165, 1.54) is 18.2 Å². The van der Waals surface area contributed by atoms with Gasteiger partial charge in [0.1, 0.15) is 17.5 Å². The van der Waals surface area contributed by atoms with Crippen LogP contribution in [0.15, 0.2) is 66.7 Å². The highest BCUT2D eigenvalue weighted by Gasteiger charge is 2.06. The van der Waals surface area contributed by atoms with Crippen LogP contribution >= 0.6 is 0 Å². The summed E-state index contributed by atoms with van der Waals surface area (Å²) in [6.07, 6.45) is 0. The van der Waals surface area contributed by atoms with Crippen LogP contribution in [0.2, 0.25) is 0 Å². The van der Waals surface area contributed by atoms with Gasteiger partial charge in [-0.1, -0.05) is 18.2 Å². The number of nitrogens with one attached hydrogen (secondary N) is 1. The lowest BCUT2D eigenvalue weighted by Gasteiger charge is -2.08. The van der Waals surface area contributed by atoms with E-state index in [2.05, 4.69) is 10.3 Å². The second kappa shape index (κ2) is 5.71. The van der Waals surface area contributed by atoms with Gasteiger partial charge in [0.2, 0.25) is 0 Å². The molecule has 0 atom stereocenters. The third kappa shape index (κ3) is 3.05. The molecule has 0 aliphatic heterocycles. The number of aromatic nitrogens is 1. The van der Waals surface area contributed by atoms with Crippen molar-refractivity contribution in [2.45, 2.75) is 0 Å². The molecule has 0 spiro atoms. The first-order valence-electron chi connectivity index (χ1n) is 6.47. The predicted octanol–water partition coefficient (Wildman–Crippen LogP) is 4.77. The number of pyridine rings is 1. The maximum Gasteiger partial charge on any atom is 0.132 e. The van der Waals surface area contributed by atoms with Crippen LogP contribution in [0.1, 0.15) is 0 Å². The van der Waals surface area contributed by atoms with Gasteiger partial charge >= 0.3 is 0 Å². The van der Waals surface area contributed by atoms with Gasteiger partial charge in [-0.25, -0.2) is 13.8 Å². The van der Waals surface area contributed by atoms with Crippen molar-refractivity contribution in [3.63, 3.8) is 0 Å². The summed E-state index contributed by atoms with van der Waals surface area (Å²) >= 11 is 0. The van der Waals surface area contributed by atoms with E-state index in [0.29, 0.717) is 17.1 Å². The van der Waals surface area contributed by atoms with Crippen molar-refractivity contribution in [3.8, 4) is 11.3 Å². The Bertz CT molecular complexity index is 755. The molecule has 4 heteroatoms. The van der Waals surface area contributed by atoms with Crippen LogP contribution in [0.4, 0.5) is 20.3 Å². The molecule has 104 valence electrons. The van der Waals surface area contributed by atoms with Crippen molar-refractivity contribution in [3.05, 3.63) is 78.4 Å². The average Bonchev–Trinajstić information content (AvgIpc) is 2.50. The quantitative estimate of drug-likeness (QED) is 0.748. The van der Waals surface area contributed by atoms with E-state index in [9.17, 15) is 8.78 Å². The van der Waals surface area contributed by atoms with Crippen molar-refractivity contribution in [1.82, 2.24) is 4.98 Å². The lowest BCUT2D eigenvalue weighted by Crippen LogP contribution is -1.95. The molecule has 1 N–H and O–H groups in total. The fourth-order valence-corrected chi connectivity index (χ4v) is 2.00. The van der Waals surface area contributed by atoms with Gasteiger partial charge in [0.25, 0.3) is 0 Å². The van der Waals surface area contributed by atoms with Gasteiger partial charge in [0, 0.05) is 11.3 Å². The third-order valence-electron chi connectivity index (χ3n) is 3.02. The summed E-state index contributed by atoms with van der Waals surface area (Å²) in [6.45, 7) is 0. The van der Waals surface area contributed by atoms with Gasteiger partial charge in [-0.2, -0.15) is 0 Å². The van der Waals surface area contributed by atoms with Crippen molar-refractivity contribution in [2.75, 3.05) is 5.32 Å². The number of hydrogen-bond acceptors (Lipinski definition) is 2. The number of halogens is 2. The van der Waals surface area contributed by atoms with Crippen LogP contribution in [0.3, 0.4) is 0 Å². The van der Waals surface area contributed by atoms with E-state index in [1.54, 1.807) is 48.5 Å². The van der Waals surface area contributed by atoms with Gasteiger partial charge < -0.3 is 5.32 Å². The summed E-state index contributed by atoms with van der Waals surface area (Å²) < 4.78 is 26.6. The molecule has 0 aliphatic rings. The fourth-order valence-electron chi connectivity index (χ4n) is 2.00. The zero-order valence-electron chi connectivity index (χ0n) is 11.1. The first-order valence-corrected chi connectivity index (χ1v) is 6.47. The summed E-state index contributed by atoms with van der Waals surface area (Å²) in [4.78, 5) is 4.38. The molecule has 2 nitrogen and oxygen atoms in total. The summed E-state index contributed by atoms with van der Waals surface area (Å²) in [5, 5.41) is 3.06. The number of rotatable bonds is 3. The third-order valence-corrected chi connectivity index (χ3v) is 3.02. The Morgan fingerprint density at radius 2 is 1.52 bits per heavy atom. The number of nitrogens with zero attached hydrogens (tertiary/aromatic N) is 1. The molecule has 0 aliphatic carbocycles. The normalized spacial score (nSPS) is 10.4. The lowest BCUT2D eigenvalue weighted by atomic mass is 10.1. The molecule has 0 fully saturated rings. The maximum atomic E-state index is 13.8. The summed E-state index contributed by atoms with van der Waals surface area (Å²) in [5.41, 5.74) is 1.70. The van der Waals surface area contributed by atoms with Crippen molar-refractivity contribution >= 4 is 11.5 Å². The molecule has 1 aromatic heterocycles.